The number of esters is 1. The van der Waals surface area contributed by atoms with E-state index in [0.717, 1.165) is 30.8 Å². The molecule has 0 radical (unpaired) electrons. The molecule has 1 aliphatic heterocycles. The van der Waals surface area contributed by atoms with Crippen LogP contribution in [-0.4, -0.2) is 50.6 Å². The molecule has 1 N–H and O–H groups in total. The van der Waals surface area contributed by atoms with Gasteiger partial charge in [0.05, 0.1) is 6.04 Å². The Labute approximate surface area is 172 Å². The molecule has 0 saturated heterocycles. The molecule has 2 aromatic rings. The number of carbonyl (C=O) groups is 2. The van der Waals surface area contributed by atoms with Gasteiger partial charge in [0.25, 0.3) is 5.91 Å². The van der Waals surface area contributed by atoms with Crippen molar-refractivity contribution in [3.8, 4) is 0 Å². The van der Waals surface area contributed by atoms with Gasteiger partial charge in [-0.05, 0) is 35.2 Å². The Hall–Kier alpha value is -2.86. The second-order valence-corrected chi connectivity index (χ2v) is 7.58. The zero-order chi connectivity index (χ0) is 20.8. The zero-order valence-corrected chi connectivity index (χ0v) is 17.4. The van der Waals surface area contributed by atoms with Crippen LogP contribution in [-0.2, 0) is 27.3 Å². The number of hydrogen-bond donors (Lipinski definition) is 1. The fourth-order valence-corrected chi connectivity index (χ4v) is 3.66. The second kappa shape index (κ2) is 9.56. The lowest BCUT2D eigenvalue weighted by atomic mass is 9.96. The highest BCUT2D eigenvalue weighted by Crippen LogP contribution is 2.28. The molecular formula is C23H29N3O3. The van der Waals surface area contributed by atoms with Gasteiger partial charge in [-0.25, -0.2) is 0 Å². The summed E-state index contributed by atoms with van der Waals surface area (Å²) in [5.74, 6) is -0.740. The standard InChI is InChI=1S/C23H29N3O3/c1-17(27)29-16-23(28)24-14-22(19-8-10-21(11-9-19)25(2)3)26-13-12-18-6-4-5-7-20(18)15-26/h4-11,22H,12-16H2,1-3H3,(H,24,28)/t22-/m0/s1. The fourth-order valence-electron chi connectivity index (χ4n) is 3.66. The van der Waals surface area contributed by atoms with Crippen molar-refractivity contribution in [3.63, 3.8) is 0 Å². The van der Waals surface area contributed by atoms with Gasteiger partial charge in [0.1, 0.15) is 0 Å². The third-order valence-corrected chi connectivity index (χ3v) is 5.29. The maximum absolute atomic E-state index is 12.1. The van der Waals surface area contributed by atoms with Crippen LogP contribution in [0.15, 0.2) is 48.5 Å². The molecule has 1 atom stereocenters. The van der Waals surface area contributed by atoms with Gasteiger partial charge in [0.2, 0.25) is 0 Å². The predicted octanol–water partition coefficient (Wildman–Crippen LogP) is 2.53. The van der Waals surface area contributed by atoms with Crippen LogP contribution in [0.3, 0.4) is 0 Å². The van der Waals surface area contributed by atoms with Gasteiger partial charge in [-0.15, -0.1) is 0 Å². The predicted molar refractivity (Wildman–Crippen MR) is 114 cm³/mol. The van der Waals surface area contributed by atoms with Crippen molar-refractivity contribution in [3.05, 3.63) is 65.2 Å². The van der Waals surface area contributed by atoms with Gasteiger partial charge in [-0.3, -0.25) is 14.5 Å². The van der Waals surface area contributed by atoms with E-state index in [0.29, 0.717) is 6.54 Å². The first kappa shape index (κ1) is 20.9. The van der Waals surface area contributed by atoms with Crippen LogP contribution >= 0.6 is 0 Å². The Kier molecular flexibility index (Phi) is 6.88. The van der Waals surface area contributed by atoms with Gasteiger partial charge in [0.15, 0.2) is 6.61 Å². The average molecular weight is 396 g/mol. The minimum Gasteiger partial charge on any atom is -0.456 e. The normalized spacial score (nSPS) is 14.6. The molecule has 1 aliphatic rings. The third kappa shape index (κ3) is 5.57. The molecule has 29 heavy (non-hydrogen) atoms. The minimum absolute atomic E-state index is 0.0425. The highest BCUT2D eigenvalue weighted by Gasteiger charge is 2.25. The number of hydrogen-bond acceptors (Lipinski definition) is 5. The molecular weight excluding hydrogens is 366 g/mol. The largest absolute Gasteiger partial charge is 0.456 e. The highest BCUT2D eigenvalue weighted by molar-refractivity contribution is 5.79. The number of benzene rings is 2. The molecule has 1 amide bonds. The molecule has 0 unspecified atom stereocenters. The first-order chi connectivity index (χ1) is 13.9. The molecule has 1 heterocycles. The summed E-state index contributed by atoms with van der Waals surface area (Å²) in [6.45, 7) is 3.29. The van der Waals surface area contributed by atoms with Crippen LogP contribution in [0.1, 0.15) is 29.7 Å². The average Bonchev–Trinajstić information content (AvgIpc) is 2.72. The van der Waals surface area contributed by atoms with E-state index in [2.05, 4.69) is 63.6 Å². The Morgan fingerprint density at radius 2 is 1.79 bits per heavy atom. The van der Waals surface area contributed by atoms with Crippen molar-refractivity contribution in [2.75, 3.05) is 38.7 Å². The van der Waals surface area contributed by atoms with Crippen molar-refractivity contribution in [1.82, 2.24) is 10.2 Å². The smallest absolute Gasteiger partial charge is 0.303 e. The van der Waals surface area contributed by atoms with Crippen LogP contribution in [0.2, 0.25) is 0 Å². The molecule has 0 aliphatic carbocycles. The van der Waals surface area contributed by atoms with E-state index in [4.69, 9.17) is 4.74 Å². The molecule has 6 nitrogen and oxygen atoms in total. The van der Waals surface area contributed by atoms with Crippen molar-refractivity contribution < 1.29 is 14.3 Å². The minimum atomic E-state index is -0.455. The lowest BCUT2D eigenvalue weighted by Crippen LogP contribution is -2.41. The molecule has 0 aromatic heterocycles. The monoisotopic (exact) mass is 395 g/mol. The Morgan fingerprint density at radius 3 is 2.45 bits per heavy atom. The summed E-state index contributed by atoms with van der Waals surface area (Å²) < 4.78 is 4.81. The maximum Gasteiger partial charge on any atom is 0.303 e. The zero-order valence-electron chi connectivity index (χ0n) is 17.4. The number of nitrogens with zero attached hydrogens (tertiary/aromatic N) is 2. The van der Waals surface area contributed by atoms with E-state index in [-0.39, 0.29) is 18.6 Å². The SMILES string of the molecule is CC(=O)OCC(=O)NC[C@@H](c1ccc(N(C)C)cc1)N1CCc2ccccc2C1. The molecule has 2 aromatic carbocycles. The summed E-state index contributed by atoms with van der Waals surface area (Å²) in [5.41, 5.74) is 5.02. The van der Waals surface area contributed by atoms with Crippen LogP contribution < -0.4 is 10.2 Å². The number of fused-ring (bicyclic) bond motifs is 1. The van der Waals surface area contributed by atoms with Crippen LogP contribution in [0, 0.1) is 0 Å². The summed E-state index contributed by atoms with van der Waals surface area (Å²) in [6, 6.07) is 17.0. The number of anilines is 1. The summed E-state index contributed by atoms with van der Waals surface area (Å²) in [5, 5.41) is 2.93. The van der Waals surface area contributed by atoms with Crippen molar-refractivity contribution in [2.24, 2.45) is 0 Å². The van der Waals surface area contributed by atoms with Gasteiger partial charge >= 0.3 is 5.97 Å². The number of ether oxygens (including phenoxy) is 1. The van der Waals surface area contributed by atoms with Crippen LogP contribution in [0.4, 0.5) is 5.69 Å². The van der Waals surface area contributed by atoms with Gasteiger partial charge < -0.3 is 15.0 Å². The maximum atomic E-state index is 12.1. The Morgan fingerprint density at radius 1 is 1.10 bits per heavy atom. The van der Waals surface area contributed by atoms with Gasteiger partial charge in [0, 0.05) is 46.3 Å². The summed E-state index contributed by atoms with van der Waals surface area (Å²) >= 11 is 0. The van der Waals surface area contributed by atoms with E-state index < -0.39 is 5.97 Å². The van der Waals surface area contributed by atoms with Crippen molar-refractivity contribution >= 4 is 17.6 Å². The Balaban J connectivity index is 1.76. The van der Waals surface area contributed by atoms with E-state index >= 15 is 0 Å². The first-order valence-electron chi connectivity index (χ1n) is 9.92. The summed E-state index contributed by atoms with van der Waals surface area (Å²) in [7, 11) is 4.03. The molecule has 0 bridgehead atoms. The van der Waals surface area contributed by atoms with E-state index in [9.17, 15) is 9.59 Å². The molecule has 3 rings (SSSR count). The summed E-state index contributed by atoms with van der Waals surface area (Å²) in [6.07, 6.45) is 0.990. The number of amides is 1. The lowest BCUT2D eigenvalue weighted by Gasteiger charge is -2.36. The van der Waals surface area contributed by atoms with E-state index in [1.807, 2.05) is 14.1 Å². The van der Waals surface area contributed by atoms with Crippen LogP contribution in [0.5, 0.6) is 0 Å². The number of rotatable bonds is 7. The topological polar surface area (TPSA) is 61.9 Å². The quantitative estimate of drug-likeness (QED) is 0.730. The summed E-state index contributed by atoms with van der Waals surface area (Å²) in [4.78, 5) is 27.5. The van der Waals surface area contributed by atoms with Crippen molar-refractivity contribution in [1.29, 1.82) is 0 Å². The van der Waals surface area contributed by atoms with Gasteiger partial charge in [-0.2, -0.15) is 0 Å². The molecule has 0 saturated carbocycles. The number of carbonyl (C=O) groups excluding carboxylic acids is 2. The van der Waals surface area contributed by atoms with Crippen molar-refractivity contribution in [2.45, 2.75) is 25.9 Å². The van der Waals surface area contributed by atoms with Gasteiger partial charge in [-0.1, -0.05) is 36.4 Å². The molecule has 0 fully saturated rings. The lowest BCUT2D eigenvalue weighted by molar-refractivity contribution is -0.146. The molecule has 6 heteroatoms. The third-order valence-electron chi connectivity index (χ3n) is 5.29. The second-order valence-electron chi connectivity index (χ2n) is 7.58. The van der Waals surface area contributed by atoms with E-state index in [1.54, 1.807) is 0 Å². The van der Waals surface area contributed by atoms with E-state index in [1.165, 1.54) is 18.1 Å². The Bertz CT molecular complexity index is 849. The fraction of sp³-hybridized carbons (Fsp3) is 0.391. The molecule has 0 spiro atoms. The number of nitrogens with one attached hydrogen (secondary N) is 1. The first-order valence-corrected chi connectivity index (χ1v) is 9.92. The highest BCUT2D eigenvalue weighted by atomic mass is 16.5. The molecule has 154 valence electrons. The van der Waals surface area contributed by atoms with Crippen LogP contribution in [0.25, 0.3) is 0 Å².